The van der Waals surface area contributed by atoms with Gasteiger partial charge in [0.2, 0.25) is 0 Å². The summed E-state index contributed by atoms with van der Waals surface area (Å²) in [5, 5.41) is 6.38. The number of amides is 1. The molecule has 24 heavy (non-hydrogen) atoms. The zero-order valence-electron chi connectivity index (χ0n) is 13.2. The summed E-state index contributed by atoms with van der Waals surface area (Å²) >= 11 is 0. The van der Waals surface area contributed by atoms with E-state index in [0.717, 1.165) is 12.1 Å². The van der Waals surface area contributed by atoms with Crippen molar-refractivity contribution in [2.75, 3.05) is 20.3 Å². The first-order chi connectivity index (χ1) is 11.3. The average Bonchev–Trinajstić information content (AvgIpc) is 2.92. The van der Waals surface area contributed by atoms with Crippen LogP contribution < -0.4 is 5.32 Å². The Bertz CT molecular complexity index is 711. The molecule has 1 aromatic heterocycles. The lowest BCUT2D eigenvalue weighted by Crippen LogP contribution is -2.26. The van der Waals surface area contributed by atoms with Crippen molar-refractivity contribution in [1.82, 2.24) is 10.5 Å². The number of nitrogens with one attached hydrogen (secondary N) is 1. The van der Waals surface area contributed by atoms with Gasteiger partial charge in [0.15, 0.2) is 5.76 Å². The van der Waals surface area contributed by atoms with Gasteiger partial charge in [0.05, 0.1) is 11.3 Å². The lowest BCUT2D eigenvalue weighted by atomic mass is 10.0. The van der Waals surface area contributed by atoms with Gasteiger partial charge in [-0.15, -0.1) is 0 Å². The SMILES string of the molecule is COCCCNC(=O)c1c(C)noc1-c1cccc(C(F)(F)F)c1. The van der Waals surface area contributed by atoms with Crippen molar-refractivity contribution in [3.63, 3.8) is 0 Å². The summed E-state index contributed by atoms with van der Waals surface area (Å²) in [5.74, 6) is -0.430. The Balaban J connectivity index is 2.28. The van der Waals surface area contributed by atoms with Crippen molar-refractivity contribution in [2.45, 2.75) is 19.5 Å². The number of hydrogen-bond acceptors (Lipinski definition) is 4. The maximum absolute atomic E-state index is 12.8. The molecule has 0 saturated carbocycles. The van der Waals surface area contributed by atoms with Gasteiger partial charge in [0, 0.05) is 25.8 Å². The smallest absolute Gasteiger partial charge is 0.385 e. The van der Waals surface area contributed by atoms with Gasteiger partial charge in [-0.25, -0.2) is 0 Å². The number of alkyl halides is 3. The van der Waals surface area contributed by atoms with Gasteiger partial charge in [0.1, 0.15) is 5.56 Å². The van der Waals surface area contributed by atoms with Crippen molar-refractivity contribution in [2.24, 2.45) is 0 Å². The van der Waals surface area contributed by atoms with Gasteiger partial charge >= 0.3 is 6.18 Å². The Labute approximate surface area is 136 Å². The summed E-state index contributed by atoms with van der Waals surface area (Å²) in [6, 6.07) is 4.59. The third-order valence-corrected chi connectivity index (χ3v) is 3.35. The molecular weight excluding hydrogens is 325 g/mol. The molecule has 0 fully saturated rings. The molecule has 0 aliphatic rings. The van der Waals surface area contributed by atoms with E-state index in [-0.39, 0.29) is 16.9 Å². The van der Waals surface area contributed by atoms with E-state index in [4.69, 9.17) is 9.26 Å². The molecule has 5 nitrogen and oxygen atoms in total. The van der Waals surface area contributed by atoms with Crippen molar-refractivity contribution >= 4 is 5.91 Å². The first kappa shape index (κ1) is 18.0. The number of carbonyl (C=O) groups is 1. The number of rotatable bonds is 6. The minimum Gasteiger partial charge on any atom is -0.385 e. The molecule has 8 heteroatoms. The lowest BCUT2D eigenvalue weighted by Gasteiger charge is -2.08. The molecule has 0 radical (unpaired) electrons. The molecule has 130 valence electrons. The Kier molecular flexibility index (Phi) is 5.61. The summed E-state index contributed by atoms with van der Waals surface area (Å²) < 4.78 is 48.5. The zero-order chi connectivity index (χ0) is 17.7. The number of aromatic nitrogens is 1. The molecule has 0 unspecified atom stereocenters. The number of carbonyl (C=O) groups excluding carboxylic acids is 1. The predicted octanol–water partition coefficient (Wildman–Crippen LogP) is 3.44. The molecule has 0 spiro atoms. The predicted molar refractivity (Wildman–Crippen MR) is 80.5 cm³/mol. The van der Waals surface area contributed by atoms with Gasteiger partial charge in [-0.2, -0.15) is 13.2 Å². The fourth-order valence-electron chi connectivity index (χ4n) is 2.18. The molecule has 0 aliphatic heterocycles. The van der Waals surface area contributed by atoms with Crippen LogP contribution in [-0.2, 0) is 10.9 Å². The highest BCUT2D eigenvalue weighted by Crippen LogP contribution is 2.33. The minimum absolute atomic E-state index is 0.0165. The Morgan fingerprint density at radius 2 is 2.12 bits per heavy atom. The second-order valence-electron chi connectivity index (χ2n) is 5.15. The van der Waals surface area contributed by atoms with E-state index in [1.165, 1.54) is 12.1 Å². The Hall–Kier alpha value is -2.35. The van der Waals surface area contributed by atoms with E-state index in [0.29, 0.717) is 25.3 Å². The van der Waals surface area contributed by atoms with Crippen LogP contribution in [0.25, 0.3) is 11.3 Å². The van der Waals surface area contributed by atoms with E-state index in [1.807, 2.05) is 0 Å². The fraction of sp³-hybridized carbons (Fsp3) is 0.375. The molecule has 0 bridgehead atoms. The summed E-state index contributed by atoms with van der Waals surface area (Å²) in [6.45, 7) is 2.42. The molecule has 2 aromatic rings. The topological polar surface area (TPSA) is 64.4 Å². The van der Waals surface area contributed by atoms with Gasteiger partial charge in [-0.1, -0.05) is 17.3 Å². The highest BCUT2D eigenvalue weighted by molar-refractivity contribution is 6.00. The van der Waals surface area contributed by atoms with Crippen molar-refractivity contribution in [3.8, 4) is 11.3 Å². The van der Waals surface area contributed by atoms with Gasteiger partial charge in [0.25, 0.3) is 5.91 Å². The Morgan fingerprint density at radius 3 is 2.79 bits per heavy atom. The van der Waals surface area contributed by atoms with Crippen LogP contribution in [0.3, 0.4) is 0 Å². The fourth-order valence-corrected chi connectivity index (χ4v) is 2.18. The second-order valence-corrected chi connectivity index (χ2v) is 5.15. The van der Waals surface area contributed by atoms with Gasteiger partial charge < -0.3 is 14.6 Å². The number of benzene rings is 1. The highest BCUT2D eigenvalue weighted by Gasteiger charge is 2.31. The van der Waals surface area contributed by atoms with Crippen molar-refractivity contribution in [3.05, 3.63) is 41.1 Å². The van der Waals surface area contributed by atoms with E-state index >= 15 is 0 Å². The van der Waals surface area contributed by atoms with Crippen LogP contribution in [0.15, 0.2) is 28.8 Å². The van der Waals surface area contributed by atoms with E-state index in [9.17, 15) is 18.0 Å². The first-order valence-corrected chi connectivity index (χ1v) is 7.25. The summed E-state index contributed by atoms with van der Waals surface area (Å²) in [7, 11) is 1.55. The van der Waals surface area contributed by atoms with Crippen LogP contribution in [0.2, 0.25) is 0 Å². The van der Waals surface area contributed by atoms with E-state index in [2.05, 4.69) is 10.5 Å². The molecular formula is C16H17F3N2O3. The number of ether oxygens (including phenoxy) is 1. The van der Waals surface area contributed by atoms with Crippen LogP contribution in [-0.4, -0.2) is 31.3 Å². The number of halogens is 3. The molecule has 1 aromatic carbocycles. The van der Waals surface area contributed by atoms with Gasteiger partial charge in [-0.05, 0) is 25.5 Å². The molecule has 0 aliphatic carbocycles. The van der Waals surface area contributed by atoms with Crippen LogP contribution in [0, 0.1) is 6.92 Å². The quantitative estimate of drug-likeness (QED) is 0.817. The lowest BCUT2D eigenvalue weighted by molar-refractivity contribution is -0.137. The number of hydrogen-bond donors (Lipinski definition) is 1. The summed E-state index contributed by atoms with van der Waals surface area (Å²) in [5.41, 5.74) is -0.230. The molecule has 1 heterocycles. The maximum Gasteiger partial charge on any atom is 0.416 e. The molecule has 0 atom stereocenters. The van der Waals surface area contributed by atoms with Crippen molar-refractivity contribution < 1.29 is 27.2 Å². The van der Waals surface area contributed by atoms with Crippen LogP contribution in [0.1, 0.15) is 28.0 Å². The van der Waals surface area contributed by atoms with E-state index < -0.39 is 17.6 Å². The highest BCUT2D eigenvalue weighted by atomic mass is 19.4. The molecule has 1 amide bonds. The third kappa shape index (κ3) is 4.14. The second kappa shape index (κ2) is 7.48. The summed E-state index contributed by atoms with van der Waals surface area (Å²) in [6.07, 6.45) is -3.86. The molecule has 0 saturated heterocycles. The van der Waals surface area contributed by atoms with Crippen LogP contribution in [0.4, 0.5) is 13.2 Å². The summed E-state index contributed by atoms with van der Waals surface area (Å²) in [4.78, 5) is 12.3. The molecule has 1 N–H and O–H groups in total. The third-order valence-electron chi connectivity index (χ3n) is 3.35. The van der Waals surface area contributed by atoms with E-state index in [1.54, 1.807) is 14.0 Å². The molecule has 2 rings (SSSR count). The number of aryl methyl sites for hydroxylation is 1. The standard InChI is InChI=1S/C16H17F3N2O3/c1-10-13(15(22)20-7-4-8-23-2)14(24-21-10)11-5-3-6-12(9-11)16(17,18)19/h3,5-6,9H,4,7-8H2,1-2H3,(H,20,22). The maximum atomic E-state index is 12.8. The first-order valence-electron chi connectivity index (χ1n) is 7.25. The largest absolute Gasteiger partial charge is 0.416 e. The zero-order valence-corrected chi connectivity index (χ0v) is 13.2. The minimum atomic E-state index is -4.48. The van der Waals surface area contributed by atoms with Crippen LogP contribution in [0.5, 0.6) is 0 Å². The monoisotopic (exact) mass is 342 g/mol. The normalized spacial score (nSPS) is 11.5. The number of nitrogens with zero attached hydrogens (tertiary/aromatic N) is 1. The van der Waals surface area contributed by atoms with Crippen molar-refractivity contribution in [1.29, 1.82) is 0 Å². The van der Waals surface area contributed by atoms with Crippen LogP contribution >= 0.6 is 0 Å². The average molecular weight is 342 g/mol. The van der Waals surface area contributed by atoms with Gasteiger partial charge in [-0.3, -0.25) is 4.79 Å². The number of methoxy groups -OCH3 is 1. The Morgan fingerprint density at radius 1 is 1.38 bits per heavy atom.